The summed E-state index contributed by atoms with van der Waals surface area (Å²) in [7, 11) is 0. The first kappa shape index (κ1) is 13.9. The summed E-state index contributed by atoms with van der Waals surface area (Å²) in [5, 5.41) is 8.81. The summed E-state index contributed by atoms with van der Waals surface area (Å²) >= 11 is 0. The summed E-state index contributed by atoms with van der Waals surface area (Å²) in [4.78, 5) is 12.7. The number of carboxylic acids is 1. The zero-order valence-corrected chi connectivity index (χ0v) is 11.3. The van der Waals surface area contributed by atoms with Gasteiger partial charge in [0, 0.05) is 12.5 Å². The lowest BCUT2D eigenvalue weighted by molar-refractivity contribution is -0.138. The largest absolute Gasteiger partial charge is 0.493 e. The quantitative estimate of drug-likeness (QED) is 0.884. The van der Waals surface area contributed by atoms with Gasteiger partial charge in [0.25, 0.3) is 0 Å². The van der Waals surface area contributed by atoms with Crippen molar-refractivity contribution in [2.75, 3.05) is 26.2 Å². The number of carboxylic acid groups (broad SMARTS) is 1. The fraction of sp³-hybridized carbons (Fsp3) is 0.533. The number of piperidine rings is 1. The Balaban J connectivity index is 1.79. The molecule has 4 heteroatoms. The van der Waals surface area contributed by atoms with Crippen molar-refractivity contribution >= 4 is 5.97 Å². The van der Waals surface area contributed by atoms with Crippen molar-refractivity contribution in [2.45, 2.75) is 19.8 Å². The number of aryl methyl sites for hydroxylation is 1. The minimum absolute atomic E-state index is 0.140. The second kappa shape index (κ2) is 6.57. The molecule has 1 N–H and O–H groups in total. The van der Waals surface area contributed by atoms with E-state index in [-0.39, 0.29) is 6.54 Å². The van der Waals surface area contributed by atoms with Crippen LogP contribution < -0.4 is 4.74 Å². The predicted molar refractivity (Wildman–Crippen MR) is 73.5 cm³/mol. The molecule has 1 heterocycles. The van der Waals surface area contributed by atoms with Crippen LogP contribution in [0.1, 0.15) is 18.4 Å². The third kappa shape index (κ3) is 4.56. The Hall–Kier alpha value is -1.55. The van der Waals surface area contributed by atoms with Crippen LogP contribution >= 0.6 is 0 Å². The topological polar surface area (TPSA) is 49.8 Å². The molecule has 19 heavy (non-hydrogen) atoms. The van der Waals surface area contributed by atoms with E-state index >= 15 is 0 Å². The van der Waals surface area contributed by atoms with E-state index in [1.807, 2.05) is 29.2 Å². The minimum atomic E-state index is -0.750. The third-order valence-electron chi connectivity index (χ3n) is 3.47. The summed E-state index contributed by atoms with van der Waals surface area (Å²) in [6, 6.07) is 8.03. The fourth-order valence-electron chi connectivity index (χ4n) is 2.47. The van der Waals surface area contributed by atoms with Gasteiger partial charge < -0.3 is 9.84 Å². The number of nitrogens with zero attached hydrogens (tertiary/aromatic N) is 1. The van der Waals surface area contributed by atoms with Crippen LogP contribution in [0.4, 0.5) is 0 Å². The van der Waals surface area contributed by atoms with Gasteiger partial charge in [-0.25, -0.2) is 0 Å². The number of rotatable bonds is 5. The maximum Gasteiger partial charge on any atom is 0.317 e. The van der Waals surface area contributed by atoms with Crippen LogP contribution in [0.5, 0.6) is 5.75 Å². The summed E-state index contributed by atoms with van der Waals surface area (Å²) in [6.45, 7) is 4.56. The van der Waals surface area contributed by atoms with E-state index in [9.17, 15) is 4.79 Å². The van der Waals surface area contributed by atoms with Gasteiger partial charge in [0.1, 0.15) is 5.75 Å². The van der Waals surface area contributed by atoms with Gasteiger partial charge in [0.15, 0.2) is 0 Å². The van der Waals surface area contributed by atoms with Gasteiger partial charge in [-0.15, -0.1) is 0 Å². The molecule has 0 bridgehead atoms. The molecule has 0 saturated carbocycles. The molecular weight excluding hydrogens is 242 g/mol. The Morgan fingerprint density at radius 2 is 2.16 bits per heavy atom. The SMILES string of the molecule is Cc1ccc(OCC2CCCN(CC(=O)O)C2)cc1. The highest BCUT2D eigenvalue weighted by molar-refractivity contribution is 5.69. The summed E-state index contributed by atoms with van der Waals surface area (Å²) in [6.07, 6.45) is 2.16. The van der Waals surface area contributed by atoms with Gasteiger partial charge in [0.05, 0.1) is 13.2 Å². The lowest BCUT2D eigenvalue weighted by atomic mass is 9.99. The molecule has 4 nitrogen and oxygen atoms in total. The van der Waals surface area contributed by atoms with Crippen LogP contribution in [0.15, 0.2) is 24.3 Å². The molecule has 1 atom stereocenters. The molecule has 0 radical (unpaired) electrons. The highest BCUT2D eigenvalue weighted by atomic mass is 16.5. The maximum atomic E-state index is 10.7. The van der Waals surface area contributed by atoms with Crippen LogP contribution in [0, 0.1) is 12.8 Å². The van der Waals surface area contributed by atoms with E-state index in [2.05, 4.69) is 6.92 Å². The number of hydrogen-bond donors (Lipinski definition) is 1. The summed E-state index contributed by atoms with van der Waals surface area (Å²) in [5.74, 6) is 0.565. The van der Waals surface area contributed by atoms with E-state index in [1.54, 1.807) is 0 Å². The first-order chi connectivity index (χ1) is 9.13. The monoisotopic (exact) mass is 263 g/mol. The normalized spacial score (nSPS) is 20.2. The van der Waals surface area contributed by atoms with Crippen LogP contribution in [-0.2, 0) is 4.79 Å². The molecule has 1 aliphatic rings. The number of hydrogen-bond acceptors (Lipinski definition) is 3. The molecular formula is C15H21NO3. The number of benzene rings is 1. The number of carbonyl (C=O) groups is 1. The zero-order valence-electron chi connectivity index (χ0n) is 11.3. The van der Waals surface area contributed by atoms with E-state index in [0.29, 0.717) is 12.5 Å². The van der Waals surface area contributed by atoms with Crippen molar-refractivity contribution in [3.63, 3.8) is 0 Å². The Labute approximate surface area is 114 Å². The highest BCUT2D eigenvalue weighted by Crippen LogP contribution is 2.19. The second-order valence-electron chi connectivity index (χ2n) is 5.26. The van der Waals surface area contributed by atoms with Gasteiger partial charge in [0.2, 0.25) is 0 Å². The van der Waals surface area contributed by atoms with Crippen molar-refractivity contribution < 1.29 is 14.6 Å². The van der Waals surface area contributed by atoms with Gasteiger partial charge in [-0.3, -0.25) is 9.69 Å². The molecule has 104 valence electrons. The Morgan fingerprint density at radius 3 is 2.84 bits per heavy atom. The molecule has 1 fully saturated rings. The van der Waals surface area contributed by atoms with Gasteiger partial charge in [-0.05, 0) is 38.4 Å². The van der Waals surface area contributed by atoms with Crippen molar-refractivity contribution in [2.24, 2.45) is 5.92 Å². The lowest BCUT2D eigenvalue weighted by Gasteiger charge is -2.31. The second-order valence-corrected chi connectivity index (χ2v) is 5.26. The first-order valence-electron chi connectivity index (χ1n) is 6.77. The average Bonchev–Trinajstić information content (AvgIpc) is 2.38. The molecule has 2 rings (SSSR count). The third-order valence-corrected chi connectivity index (χ3v) is 3.47. The minimum Gasteiger partial charge on any atom is -0.493 e. The Bertz CT molecular complexity index is 416. The standard InChI is InChI=1S/C15H21NO3/c1-12-4-6-14(7-5-12)19-11-13-3-2-8-16(9-13)10-15(17)18/h4-7,13H,2-3,8-11H2,1H3,(H,17,18). The Morgan fingerprint density at radius 1 is 1.42 bits per heavy atom. The number of likely N-dealkylation sites (tertiary alicyclic amines) is 1. The average molecular weight is 263 g/mol. The van der Waals surface area contributed by atoms with E-state index in [4.69, 9.17) is 9.84 Å². The molecule has 1 aromatic rings. The van der Waals surface area contributed by atoms with Gasteiger partial charge in [-0.1, -0.05) is 17.7 Å². The molecule has 0 aliphatic carbocycles. The fourth-order valence-corrected chi connectivity index (χ4v) is 2.47. The lowest BCUT2D eigenvalue weighted by Crippen LogP contribution is -2.40. The number of ether oxygens (including phenoxy) is 1. The molecule has 0 spiro atoms. The molecule has 0 aromatic heterocycles. The molecule has 0 amide bonds. The van der Waals surface area contributed by atoms with Crippen LogP contribution in [-0.4, -0.2) is 42.2 Å². The number of aliphatic carboxylic acids is 1. The smallest absolute Gasteiger partial charge is 0.317 e. The van der Waals surface area contributed by atoms with E-state index in [0.717, 1.165) is 31.7 Å². The van der Waals surface area contributed by atoms with Gasteiger partial charge in [-0.2, -0.15) is 0 Å². The van der Waals surface area contributed by atoms with Crippen molar-refractivity contribution in [3.05, 3.63) is 29.8 Å². The zero-order chi connectivity index (χ0) is 13.7. The summed E-state index contributed by atoms with van der Waals surface area (Å²) < 4.78 is 5.78. The highest BCUT2D eigenvalue weighted by Gasteiger charge is 2.21. The predicted octanol–water partition coefficient (Wildman–Crippen LogP) is 2.17. The first-order valence-corrected chi connectivity index (χ1v) is 6.77. The van der Waals surface area contributed by atoms with Crippen molar-refractivity contribution in [1.82, 2.24) is 4.90 Å². The molecule has 1 aliphatic heterocycles. The Kier molecular flexibility index (Phi) is 4.80. The molecule has 1 aromatic carbocycles. The molecule has 1 saturated heterocycles. The maximum absolute atomic E-state index is 10.7. The van der Waals surface area contributed by atoms with Crippen LogP contribution in [0.25, 0.3) is 0 Å². The molecule has 1 unspecified atom stereocenters. The van der Waals surface area contributed by atoms with Crippen LogP contribution in [0.2, 0.25) is 0 Å². The summed E-state index contributed by atoms with van der Waals surface area (Å²) in [5.41, 5.74) is 1.22. The van der Waals surface area contributed by atoms with Gasteiger partial charge >= 0.3 is 5.97 Å². The van der Waals surface area contributed by atoms with Crippen molar-refractivity contribution in [3.8, 4) is 5.75 Å². The van der Waals surface area contributed by atoms with E-state index in [1.165, 1.54) is 5.56 Å². The van der Waals surface area contributed by atoms with Crippen LogP contribution in [0.3, 0.4) is 0 Å². The van der Waals surface area contributed by atoms with Crippen molar-refractivity contribution in [1.29, 1.82) is 0 Å². The van der Waals surface area contributed by atoms with E-state index < -0.39 is 5.97 Å².